The number of fused-ring (bicyclic) bond motifs is 1. The SMILES string of the molecule is Cc1ccc(CCC(=O)N2C[C@@H]3CN(c4ccc(C#N)nc4)C[C@]3(C)C2)cc1Cl. The van der Waals surface area contributed by atoms with Gasteiger partial charge in [-0.2, -0.15) is 5.26 Å². The Morgan fingerprint density at radius 1 is 1.31 bits per heavy atom. The minimum Gasteiger partial charge on any atom is -0.369 e. The van der Waals surface area contributed by atoms with Gasteiger partial charge in [-0.15, -0.1) is 0 Å². The molecule has 3 heterocycles. The topological polar surface area (TPSA) is 60.2 Å². The number of amides is 1. The lowest BCUT2D eigenvalue weighted by atomic mass is 9.83. The van der Waals surface area contributed by atoms with E-state index in [2.05, 4.69) is 28.9 Å². The van der Waals surface area contributed by atoms with Gasteiger partial charge < -0.3 is 9.80 Å². The standard InChI is InChI=1S/C23H25ClN4O/c1-16-3-4-17(9-21(16)24)5-8-22(29)28-13-18-12-27(14-23(18,2)15-28)20-7-6-19(10-25)26-11-20/h3-4,6-7,9,11,18H,5,8,12-15H2,1-2H3/t18-,23+/m0/s1. The minimum atomic E-state index is 0.0940. The maximum absolute atomic E-state index is 12.8. The summed E-state index contributed by atoms with van der Waals surface area (Å²) in [5.41, 5.74) is 3.75. The molecule has 2 aliphatic heterocycles. The average molecular weight is 409 g/mol. The van der Waals surface area contributed by atoms with Crippen LogP contribution in [0, 0.1) is 29.6 Å². The van der Waals surface area contributed by atoms with Crippen molar-refractivity contribution >= 4 is 23.2 Å². The smallest absolute Gasteiger partial charge is 0.222 e. The number of carbonyl (C=O) groups excluding carboxylic acids is 1. The van der Waals surface area contributed by atoms with E-state index in [1.807, 2.05) is 30.0 Å². The van der Waals surface area contributed by atoms with Crippen LogP contribution in [-0.2, 0) is 11.2 Å². The molecule has 4 rings (SSSR count). The molecular weight excluding hydrogens is 384 g/mol. The Labute approximate surface area is 176 Å². The molecule has 0 saturated carbocycles. The summed E-state index contributed by atoms with van der Waals surface area (Å²) < 4.78 is 0. The lowest BCUT2D eigenvalue weighted by molar-refractivity contribution is -0.130. The third-order valence-corrected chi connectivity index (χ3v) is 6.82. The van der Waals surface area contributed by atoms with Gasteiger partial charge in [0.05, 0.1) is 11.9 Å². The summed E-state index contributed by atoms with van der Waals surface area (Å²) in [6, 6.07) is 11.8. The number of hydrogen-bond acceptors (Lipinski definition) is 4. The molecule has 1 aromatic heterocycles. The Kier molecular flexibility index (Phi) is 5.23. The second-order valence-electron chi connectivity index (χ2n) is 8.60. The number of nitrogens with zero attached hydrogens (tertiary/aromatic N) is 4. The second-order valence-corrected chi connectivity index (χ2v) is 9.01. The third-order valence-electron chi connectivity index (χ3n) is 6.42. The van der Waals surface area contributed by atoms with Crippen molar-refractivity contribution in [1.29, 1.82) is 5.26 Å². The van der Waals surface area contributed by atoms with Crippen LogP contribution in [0.2, 0.25) is 5.02 Å². The van der Waals surface area contributed by atoms with Crippen LogP contribution in [-0.4, -0.2) is 42.0 Å². The van der Waals surface area contributed by atoms with Gasteiger partial charge in [-0.25, -0.2) is 4.98 Å². The molecule has 6 heteroatoms. The Balaban J connectivity index is 1.35. The van der Waals surface area contributed by atoms with E-state index in [1.54, 1.807) is 12.3 Å². The summed E-state index contributed by atoms with van der Waals surface area (Å²) in [7, 11) is 0. The molecule has 2 fully saturated rings. The number of pyridine rings is 1. The van der Waals surface area contributed by atoms with Crippen molar-refractivity contribution in [2.75, 3.05) is 31.1 Å². The predicted octanol–water partition coefficient (Wildman–Crippen LogP) is 3.83. The van der Waals surface area contributed by atoms with Crippen molar-refractivity contribution in [3.63, 3.8) is 0 Å². The van der Waals surface area contributed by atoms with Crippen molar-refractivity contribution in [1.82, 2.24) is 9.88 Å². The van der Waals surface area contributed by atoms with Crippen LogP contribution in [0.3, 0.4) is 0 Å². The van der Waals surface area contributed by atoms with Gasteiger partial charge in [0, 0.05) is 49.0 Å². The minimum absolute atomic E-state index is 0.0940. The molecule has 0 aliphatic carbocycles. The molecule has 2 atom stereocenters. The Hall–Kier alpha value is -2.58. The largest absolute Gasteiger partial charge is 0.369 e. The molecule has 2 aliphatic rings. The maximum atomic E-state index is 12.8. The number of rotatable bonds is 4. The van der Waals surface area contributed by atoms with E-state index in [4.69, 9.17) is 16.9 Å². The van der Waals surface area contributed by atoms with Gasteiger partial charge in [0.2, 0.25) is 5.91 Å². The van der Waals surface area contributed by atoms with Gasteiger partial charge in [-0.3, -0.25) is 4.79 Å². The molecule has 0 radical (unpaired) electrons. The molecular formula is C23H25ClN4O. The van der Waals surface area contributed by atoms with Gasteiger partial charge in [0.15, 0.2) is 0 Å². The Morgan fingerprint density at radius 3 is 2.79 bits per heavy atom. The molecule has 1 amide bonds. The molecule has 1 aromatic carbocycles. The second kappa shape index (κ2) is 7.68. The van der Waals surface area contributed by atoms with E-state index in [0.29, 0.717) is 18.0 Å². The van der Waals surface area contributed by atoms with Crippen molar-refractivity contribution in [3.05, 3.63) is 58.4 Å². The zero-order valence-corrected chi connectivity index (χ0v) is 17.6. The number of aryl methyl sites for hydroxylation is 2. The highest BCUT2D eigenvalue weighted by Crippen LogP contribution is 2.43. The molecule has 2 saturated heterocycles. The van der Waals surface area contributed by atoms with Gasteiger partial charge >= 0.3 is 0 Å². The summed E-state index contributed by atoms with van der Waals surface area (Å²) in [5.74, 6) is 0.680. The van der Waals surface area contributed by atoms with Crippen LogP contribution in [0.1, 0.15) is 30.2 Å². The number of carbonyl (C=O) groups is 1. The number of likely N-dealkylation sites (tertiary alicyclic amines) is 1. The van der Waals surface area contributed by atoms with Crippen LogP contribution in [0.5, 0.6) is 0 Å². The van der Waals surface area contributed by atoms with Crippen molar-refractivity contribution < 1.29 is 4.79 Å². The molecule has 0 spiro atoms. The number of aromatic nitrogens is 1. The Morgan fingerprint density at radius 2 is 2.14 bits per heavy atom. The van der Waals surface area contributed by atoms with Gasteiger partial charge in [-0.1, -0.05) is 30.7 Å². The van der Waals surface area contributed by atoms with Crippen LogP contribution < -0.4 is 4.90 Å². The van der Waals surface area contributed by atoms with Gasteiger partial charge in [0.25, 0.3) is 0 Å². The summed E-state index contributed by atoms with van der Waals surface area (Å²) in [6.07, 6.45) is 3.02. The molecule has 0 N–H and O–H groups in total. The van der Waals surface area contributed by atoms with Crippen LogP contribution in [0.15, 0.2) is 36.5 Å². The van der Waals surface area contributed by atoms with E-state index in [-0.39, 0.29) is 11.3 Å². The lowest BCUT2D eigenvalue weighted by Crippen LogP contribution is -2.35. The number of nitriles is 1. The summed E-state index contributed by atoms with van der Waals surface area (Å²) in [4.78, 5) is 21.4. The van der Waals surface area contributed by atoms with Crippen LogP contribution >= 0.6 is 11.6 Å². The first kappa shape index (κ1) is 19.7. The highest BCUT2D eigenvalue weighted by molar-refractivity contribution is 6.31. The highest BCUT2D eigenvalue weighted by atomic mass is 35.5. The molecule has 0 bridgehead atoms. The zero-order chi connectivity index (χ0) is 20.6. The fourth-order valence-corrected chi connectivity index (χ4v) is 4.77. The first-order chi connectivity index (χ1) is 13.9. The quantitative estimate of drug-likeness (QED) is 0.771. The van der Waals surface area contributed by atoms with E-state index in [1.165, 1.54) is 0 Å². The molecule has 0 unspecified atom stereocenters. The normalized spacial score (nSPS) is 23.2. The third kappa shape index (κ3) is 3.95. The number of halogens is 1. The lowest BCUT2D eigenvalue weighted by Gasteiger charge is -2.26. The average Bonchev–Trinajstić information content (AvgIpc) is 3.20. The Bertz CT molecular complexity index is 968. The summed E-state index contributed by atoms with van der Waals surface area (Å²) >= 11 is 6.20. The maximum Gasteiger partial charge on any atom is 0.222 e. The van der Waals surface area contributed by atoms with Crippen molar-refractivity contribution in [3.8, 4) is 6.07 Å². The van der Waals surface area contributed by atoms with E-state index in [0.717, 1.165) is 54.4 Å². The fourth-order valence-electron chi connectivity index (χ4n) is 4.57. The van der Waals surface area contributed by atoms with Crippen molar-refractivity contribution in [2.45, 2.75) is 26.7 Å². The number of hydrogen-bond donors (Lipinski definition) is 0. The molecule has 150 valence electrons. The number of anilines is 1. The summed E-state index contributed by atoms with van der Waals surface area (Å²) in [6.45, 7) is 7.69. The van der Waals surface area contributed by atoms with E-state index >= 15 is 0 Å². The van der Waals surface area contributed by atoms with Gasteiger partial charge in [-0.05, 0) is 42.7 Å². The first-order valence-corrected chi connectivity index (χ1v) is 10.4. The van der Waals surface area contributed by atoms with Gasteiger partial charge in [0.1, 0.15) is 11.8 Å². The monoisotopic (exact) mass is 408 g/mol. The summed E-state index contributed by atoms with van der Waals surface area (Å²) in [5, 5.41) is 9.68. The van der Waals surface area contributed by atoms with E-state index in [9.17, 15) is 4.79 Å². The number of benzene rings is 1. The van der Waals surface area contributed by atoms with Crippen LogP contribution in [0.4, 0.5) is 5.69 Å². The fraction of sp³-hybridized carbons (Fsp3) is 0.435. The highest BCUT2D eigenvalue weighted by Gasteiger charge is 2.50. The van der Waals surface area contributed by atoms with E-state index < -0.39 is 0 Å². The van der Waals surface area contributed by atoms with Crippen LogP contribution in [0.25, 0.3) is 0 Å². The first-order valence-electron chi connectivity index (χ1n) is 10.0. The zero-order valence-electron chi connectivity index (χ0n) is 16.9. The van der Waals surface area contributed by atoms with Crippen molar-refractivity contribution in [2.24, 2.45) is 11.3 Å². The molecule has 2 aromatic rings. The predicted molar refractivity (Wildman–Crippen MR) is 114 cm³/mol. The molecule has 29 heavy (non-hydrogen) atoms. The molecule has 5 nitrogen and oxygen atoms in total.